The largest absolute Gasteiger partial charge is 0.349 e. The average Bonchev–Trinajstić information content (AvgIpc) is 2.93. The van der Waals surface area contributed by atoms with Crippen molar-refractivity contribution in [1.29, 1.82) is 0 Å². The first-order chi connectivity index (χ1) is 9.08. The van der Waals surface area contributed by atoms with Crippen LogP contribution in [-0.2, 0) is 11.3 Å². The summed E-state index contributed by atoms with van der Waals surface area (Å²) in [6, 6.07) is 1.71. The number of halogens is 2. The van der Waals surface area contributed by atoms with Crippen LogP contribution in [0.3, 0.4) is 0 Å². The minimum atomic E-state index is -0.293. The maximum Gasteiger partial charge on any atom is 0.220 e. The van der Waals surface area contributed by atoms with Gasteiger partial charge in [0.25, 0.3) is 0 Å². The molecule has 4 nitrogen and oxygen atoms in total. The van der Waals surface area contributed by atoms with Crippen LogP contribution < -0.4 is 5.32 Å². The van der Waals surface area contributed by atoms with Crippen LogP contribution in [0.4, 0.5) is 4.39 Å². The first-order valence-corrected chi connectivity index (χ1v) is 7.20. The predicted molar refractivity (Wildman–Crippen MR) is 71.9 cm³/mol. The van der Waals surface area contributed by atoms with E-state index in [4.69, 9.17) is 0 Å². The SMILES string of the molecule is O=C1CCC2(CCN(Cc3ccnc(Br)c3F)C2)N1. The van der Waals surface area contributed by atoms with Crippen molar-refractivity contribution in [2.24, 2.45) is 0 Å². The number of rotatable bonds is 2. The maximum absolute atomic E-state index is 13.9. The second kappa shape index (κ2) is 4.83. The van der Waals surface area contributed by atoms with Crippen molar-refractivity contribution in [3.8, 4) is 0 Å². The topological polar surface area (TPSA) is 45.2 Å². The van der Waals surface area contributed by atoms with E-state index in [0.29, 0.717) is 18.5 Å². The summed E-state index contributed by atoms with van der Waals surface area (Å²) in [5, 5.41) is 3.08. The third-order valence-corrected chi connectivity index (χ3v) is 4.54. The van der Waals surface area contributed by atoms with Crippen molar-refractivity contribution in [1.82, 2.24) is 15.2 Å². The van der Waals surface area contributed by atoms with Crippen molar-refractivity contribution in [2.45, 2.75) is 31.3 Å². The van der Waals surface area contributed by atoms with Gasteiger partial charge in [-0.15, -0.1) is 0 Å². The van der Waals surface area contributed by atoms with Crippen LogP contribution in [0.25, 0.3) is 0 Å². The van der Waals surface area contributed by atoms with E-state index in [2.05, 4.69) is 31.1 Å². The third kappa shape index (κ3) is 2.51. The Morgan fingerprint density at radius 3 is 3.11 bits per heavy atom. The van der Waals surface area contributed by atoms with Crippen LogP contribution in [0.5, 0.6) is 0 Å². The van der Waals surface area contributed by atoms with Crippen LogP contribution in [0, 0.1) is 5.82 Å². The molecule has 102 valence electrons. The molecule has 0 radical (unpaired) electrons. The van der Waals surface area contributed by atoms with E-state index in [1.807, 2.05) is 0 Å². The lowest BCUT2D eigenvalue weighted by atomic mass is 9.97. The Bertz CT molecular complexity index is 525. The maximum atomic E-state index is 13.9. The highest BCUT2D eigenvalue weighted by Crippen LogP contribution is 2.31. The van der Waals surface area contributed by atoms with Gasteiger partial charge in [0, 0.05) is 37.8 Å². The summed E-state index contributed by atoms with van der Waals surface area (Å²) in [5.74, 6) is -0.154. The third-order valence-electron chi connectivity index (χ3n) is 3.99. The van der Waals surface area contributed by atoms with E-state index in [-0.39, 0.29) is 21.9 Å². The quantitative estimate of drug-likeness (QED) is 0.843. The van der Waals surface area contributed by atoms with Crippen molar-refractivity contribution < 1.29 is 9.18 Å². The molecule has 1 aromatic rings. The van der Waals surface area contributed by atoms with E-state index in [9.17, 15) is 9.18 Å². The van der Waals surface area contributed by atoms with Crippen LogP contribution in [0.15, 0.2) is 16.9 Å². The molecule has 19 heavy (non-hydrogen) atoms. The molecule has 1 N–H and O–H groups in total. The van der Waals surface area contributed by atoms with Gasteiger partial charge in [-0.1, -0.05) is 0 Å². The van der Waals surface area contributed by atoms with E-state index >= 15 is 0 Å². The van der Waals surface area contributed by atoms with Gasteiger partial charge >= 0.3 is 0 Å². The summed E-state index contributed by atoms with van der Waals surface area (Å²) >= 11 is 3.10. The van der Waals surface area contributed by atoms with Crippen molar-refractivity contribution in [3.63, 3.8) is 0 Å². The number of likely N-dealkylation sites (tertiary alicyclic amines) is 1. The molecule has 2 saturated heterocycles. The standard InChI is InChI=1S/C13H15BrFN3O/c14-12-11(15)9(2-5-16-12)7-18-6-4-13(8-18)3-1-10(19)17-13/h2,5H,1,3-4,6-8H2,(H,17,19). The summed E-state index contributed by atoms with van der Waals surface area (Å²) in [4.78, 5) is 17.4. The van der Waals surface area contributed by atoms with Gasteiger partial charge in [-0.05, 0) is 34.8 Å². The Kier molecular flexibility index (Phi) is 3.30. The molecule has 2 fully saturated rings. The first-order valence-electron chi connectivity index (χ1n) is 6.40. The first kappa shape index (κ1) is 13.0. The van der Waals surface area contributed by atoms with Crippen LogP contribution >= 0.6 is 15.9 Å². The predicted octanol–water partition coefficient (Wildman–Crippen LogP) is 1.84. The molecule has 0 aromatic carbocycles. The zero-order valence-corrected chi connectivity index (χ0v) is 12.0. The van der Waals surface area contributed by atoms with Crippen molar-refractivity contribution >= 4 is 21.8 Å². The van der Waals surface area contributed by atoms with Gasteiger partial charge in [0.05, 0.1) is 5.54 Å². The highest BCUT2D eigenvalue weighted by atomic mass is 79.9. The van der Waals surface area contributed by atoms with Gasteiger partial charge in [-0.2, -0.15) is 0 Å². The fourth-order valence-corrected chi connectivity index (χ4v) is 3.36. The fraction of sp³-hybridized carbons (Fsp3) is 0.538. The lowest BCUT2D eigenvalue weighted by Gasteiger charge is -2.24. The number of pyridine rings is 1. The molecule has 1 amide bonds. The van der Waals surface area contributed by atoms with Gasteiger partial charge in [0.2, 0.25) is 5.91 Å². The molecule has 1 atom stereocenters. The van der Waals surface area contributed by atoms with Crippen LogP contribution in [0.1, 0.15) is 24.8 Å². The van der Waals surface area contributed by atoms with E-state index in [1.54, 1.807) is 12.3 Å². The van der Waals surface area contributed by atoms with Gasteiger partial charge in [0.1, 0.15) is 4.60 Å². The van der Waals surface area contributed by atoms with Gasteiger partial charge in [0.15, 0.2) is 5.82 Å². The minimum absolute atomic E-state index is 0.0716. The molecular formula is C13H15BrFN3O. The number of carbonyl (C=O) groups is 1. The Hall–Kier alpha value is -1.01. The van der Waals surface area contributed by atoms with E-state index in [1.165, 1.54) is 0 Å². The normalized spacial score (nSPS) is 27.2. The second-order valence-corrected chi connectivity index (χ2v) is 6.12. The molecule has 0 saturated carbocycles. The highest BCUT2D eigenvalue weighted by Gasteiger charge is 2.43. The zero-order chi connectivity index (χ0) is 13.5. The number of hydrogen-bond acceptors (Lipinski definition) is 3. The summed E-state index contributed by atoms with van der Waals surface area (Å²) in [7, 11) is 0. The molecular weight excluding hydrogens is 313 g/mol. The summed E-state index contributed by atoms with van der Waals surface area (Å²) in [5.41, 5.74) is 0.570. The average molecular weight is 328 g/mol. The molecule has 1 unspecified atom stereocenters. The monoisotopic (exact) mass is 327 g/mol. The molecule has 0 bridgehead atoms. The summed E-state index contributed by atoms with van der Waals surface area (Å²) < 4.78 is 14.1. The number of carbonyl (C=O) groups excluding carboxylic acids is 1. The summed E-state index contributed by atoms with van der Waals surface area (Å²) in [6.07, 6.45) is 4.06. The number of hydrogen-bond donors (Lipinski definition) is 1. The van der Waals surface area contributed by atoms with Gasteiger partial charge in [-0.3, -0.25) is 9.69 Å². The minimum Gasteiger partial charge on any atom is -0.349 e. The molecule has 6 heteroatoms. The molecule has 1 aromatic heterocycles. The lowest BCUT2D eigenvalue weighted by molar-refractivity contribution is -0.119. The lowest BCUT2D eigenvalue weighted by Crippen LogP contribution is -2.43. The number of nitrogens with zero attached hydrogens (tertiary/aromatic N) is 2. The Morgan fingerprint density at radius 1 is 1.53 bits per heavy atom. The van der Waals surface area contributed by atoms with E-state index < -0.39 is 0 Å². The molecule has 3 heterocycles. The van der Waals surface area contributed by atoms with Crippen molar-refractivity contribution in [3.05, 3.63) is 28.2 Å². The Balaban J connectivity index is 1.69. The Labute approximate surface area is 119 Å². The van der Waals surface area contributed by atoms with Crippen molar-refractivity contribution in [2.75, 3.05) is 13.1 Å². The highest BCUT2D eigenvalue weighted by molar-refractivity contribution is 9.10. The molecule has 0 aliphatic carbocycles. The smallest absolute Gasteiger partial charge is 0.220 e. The fourth-order valence-electron chi connectivity index (χ4n) is 2.99. The van der Waals surface area contributed by atoms with E-state index in [0.717, 1.165) is 25.9 Å². The second-order valence-electron chi connectivity index (χ2n) is 5.36. The van der Waals surface area contributed by atoms with Crippen LogP contribution in [0.2, 0.25) is 0 Å². The molecule has 3 rings (SSSR count). The summed E-state index contributed by atoms with van der Waals surface area (Å²) in [6.45, 7) is 2.25. The molecule has 1 spiro atoms. The number of nitrogens with one attached hydrogen (secondary N) is 1. The zero-order valence-electron chi connectivity index (χ0n) is 10.5. The number of aromatic nitrogens is 1. The molecule has 2 aliphatic rings. The molecule has 2 aliphatic heterocycles. The Morgan fingerprint density at radius 2 is 2.37 bits per heavy atom. The number of amides is 1. The van der Waals surface area contributed by atoms with Gasteiger partial charge in [-0.25, -0.2) is 9.37 Å². The van der Waals surface area contributed by atoms with Gasteiger partial charge < -0.3 is 5.32 Å². The van der Waals surface area contributed by atoms with Crippen LogP contribution in [-0.4, -0.2) is 34.4 Å².